The van der Waals surface area contributed by atoms with E-state index in [0.29, 0.717) is 24.7 Å². The summed E-state index contributed by atoms with van der Waals surface area (Å²) in [6, 6.07) is -0.0709. The molecule has 0 aromatic carbocycles. The molecule has 0 saturated heterocycles. The van der Waals surface area contributed by atoms with Crippen molar-refractivity contribution in [1.29, 1.82) is 0 Å². The van der Waals surface area contributed by atoms with Gasteiger partial charge in [-0.05, 0) is 31.1 Å². The number of nitrogens with two attached hydrogens (primary N) is 1. The van der Waals surface area contributed by atoms with Gasteiger partial charge in [-0.3, -0.25) is 9.59 Å². The van der Waals surface area contributed by atoms with Crippen LogP contribution in [0, 0.1) is 17.8 Å². The Morgan fingerprint density at radius 3 is 2.44 bits per heavy atom. The summed E-state index contributed by atoms with van der Waals surface area (Å²) >= 11 is 0. The summed E-state index contributed by atoms with van der Waals surface area (Å²) in [4.78, 5) is 22.6. The Kier molecular flexibility index (Phi) is 5.59. The van der Waals surface area contributed by atoms with E-state index in [1.54, 1.807) is 0 Å². The molecule has 1 amide bonds. The van der Waals surface area contributed by atoms with Gasteiger partial charge in [0.15, 0.2) is 0 Å². The molecule has 1 fully saturated rings. The normalized spacial score (nSPS) is 18.4. The van der Waals surface area contributed by atoms with Crippen molar-refractivity contribution in [2.24, 2.45) is 23.5 Å². The minimum atomic E-state index is -0.851. The van der Waals surface area contributed by atoms with Crippen molar-refractivity contribution >= 4 is 11.9 Å². The van der Waals surface area contributed by atoms with Crippen LogP contribution in [0.3, 0.4) is 0 Å². The van der Waals surface area contributed by atoms with Gasteiger partial charge >= 0.3 is 5.97 Å². The van der Waals surface area contributed by atoms with Crippen molar-refractivity contribution in [2.45, 2.75) is 45.6 Å². The highest BCUT2D eigenvalue weighted by Crippen LogP contribution is 2.32. The average molecular weight is 256 g/mol. The second-order valence-corrected chi connectivity index (χ2v) is 5.67. The largest absolute Gasteiger partial charge is 0.481 e. The number of carboxylic acid groups (broad SMARTS) is 1. The van der Waals surface area contributed by atoms with E-state index in [0.717, 1.165) is 12.8 Å². The van der Waals surface area contributed by atoms with Crippen LogP contribution in [0.1, 0.15) is 39.5 Å². The molecule has 0 spiro atoms. The van der Waals surface area contributed by atoms with Gasteiger partial charge in [-0.15, -0.1) is 0 Å². The van der Waals surface area contributed by atoms with Gasteiger partial charge < -0.3 is 16.2 Å². The molecule has 104 valence electrons. The number of rotatable bonds is 8. The van der Waals surface area contributed by atoms with Gasteiger partial charge in [-0.2, -0.15) is 0 Å². The summed E-state index contributed by atoms with van der Waals surface area (Å²) in [5.41, 5.74) is 5.85. The number of aliphatic carboxylic acids is 1. The Balaban J connectivity index is 2.27. The van der Waals surface area contributed by atoms with Crippen LogP contribution in [-0.4, -0.2) is 29.6 Å². The standard InChI is InChI=1S/C13H24N2O3/c1-8(2)5-10(13(17)18)7-15-12(16)6-11(14)9-3-4-9/h8-11H,3-7,14H2,1-2H3,(H,15,16)(H,17,18). The molecule has 2 unspecified atom stereocenters. The van der Waals surface area contributed by atoms with Crippen LogP contribution in [0.4, 0.5) is 0 Å². The van der Waals surface area contributed by atoms with Gasteiger partial charge in [-0.1, -0.05) is 13.8 Å². The van der Waals surface area contributed by atoms with Crippen LogP contribution in [0.5, 0.6) is 0 Å². The number of carbonyl (C=O) groups is 2. The number of carboxylic acids is 1. The third-order valence-electron chi connectivity index (χ3n) is 3.30. The lowest BCUT2D eigenvalue weighted by Crippen LogP contribution is -2.37. The Bertz CT molecular complexity index is 301. The number of hydrogen-bond acceptors (Lipinski definition) is 3. The molecule has 1 rings (SSSR count). The zero-order valence-electron chi connectivity index (χ0n) is 11.2. The molecule has 5 nitrogen and oxygen atoms in total. The van der Waals surface area contributed by atoms with E-state index in [9.17, 15) is 9.59 Å². The third-order valence-corrected chi connectivity index (χ3v) is 3.30. The number of nitrogens with one attached hydrogen (secondary N) is 1. The SMILES string of the molecule is CC(C)CC(CNC(=O)CC(N)C1CC1)C(=O)O. The predicted octanol–water partition coefficient (Wildman–Crippen LogP) is 0.977. The zero-order valence-corrected chi connectivity index (χ0v) is 11.2. The molecule has 5 heteroatoms. The predicted molar refractivity (Wildman–Crippen MR) is 68.9 cm³/mol. The van der Waals surface area contributed by atoms with Gasteiger partial charge in [0.2, 0.25) is 5.91 Å². The smallest absolute Gasteiger partial charge is 0.308 e. The highest BCUT2D eigenvalue weighted by Gasteiger charge is 2.30. The molecule has 4 N–H and O–H groups in total. The van der Waals surface area contributed by atoms with E-state index in [1.165, 1.54) is 0 Å². The fourth-order valence-electron chi connectivity index (χ4n) is 2.05. The Labute approximate surface area is 108 Å². The molecule has 0 aromatic heterocycles. The maximum Gasteiger partial charge on any atom is 0.308 e. The van der Waals surface area contributed by atoms with E-state index in [2.05, 4.69) is 5.32 Å². The van der Waals surface area contributed by atoms with E-state index in [-0.39, 0.29) is 18.5 Å². The van der Waals surface area contributed by atoms with Gasteiger partial charge in [0.1, 0.15) is 0 Å². The summed E-state index contributed by atoms with van der Waals surface area (Å²) in [6.45, 7) is 4.14. The van der Waals surface area contributed by atoms with Gasteiger partial charge in [0.25, 0.3) is 0 Å². The molecule has 18 heavy (non-hydrogen) atoms. The fraction of sp³-hybridized carbons (Fsp3) is 0.846. The first-order chi connectivity index (χ1) is 8.40. The second kappa shape index (κ2) is 6.73. The summed E-state index contributed by atoms with van der Waals surface area (Å²) < 4.78 is 0. The van der Waals surface area contributed by atoms with Crippen LogP contribution < -0.4 is 11.1 Å². The van der Waals surface area contributed by atoms with E-state index in [4.69, 9.17) is 10.8 Å². The summed E-state index contributed by atoms with van der Waals surface area (Å²) in [7, 11) is 0. The molecule has 0 bridgehead atoms. The first-order valence-electron chi connectivity index (χ1n) is 6.65. The molecular formula is C13H24N2O3. The van der Waals surface area contributed by atoms with Crippen LogP contribution in [-0.2, 0) is 9.59 Å². The van der Waals surface area contributed by atoms with Crippen molar-refractivity contribution in [3.8, 4) is 0 Å². The highest BCUT2D eigenvalue weighted by molar-refractivity contribution is 5.78. The van der Waals surface area contributed by atoms with E-state index >= 15 is 0 Å². The maximum atomic E-state index is 11.6. The van der Waals surface area contributed by atoms with E-state index < -0.39 is 11.9 Å². The topological polar surface area (TPSA) is 92.4 Å². The van der Waals surface area contributed by atoms with Crippen LogP contribution in [0.15, 0.2) is 0 Å². The van der Waals surface area contributed by atoms with Crippen LogP contribution in [0.25, 0.3) is 0 Å². The summed E-state index contributed by atoms with van der Waals surface area (Å²) in [5, 5.41) is 11.7. The van der Waals surface area contributed by atoms with Crippen molar-refractivity contribution in [1.82, 2.24) is 5.32 Å². The molecule has 0 aliphatic heterocycles. The molecular weight excluding hydrogens is 232 g/mol. The summed E-state index contributed by atoms with van der Waals surface area (Å²) in [5.74, 6) is -0.704. The van der Waals surface area contributed by atoms with Crippen LogP contribution in [0.2, 0.25) is 0 Å². The van der Waals surface area contributed by atoms with Gasteiger partial charge in [0.05, 0.1) is 5.92 Å². The Morgan fingerprint density at radius 2 is 2.00 bits per heavy atom. The van der Waals surface area contributed by atoms with Crippen molar-refractivity contribution < 1.29 is 14.7 Å². The quantitative estimate of drug-likeness (QED) is 0.603. The monoisotopic (exact) mass is 256 g/mol. The van der Waals surface area contributed by atoms with Gasteiger partial charge in [-0.25, -0.2) is 0 Å². The molecule has 1 aliphatic rings. The maximum absolute atomic E-state index is 11.6. The van der Waals surface area contributed by atoms with Crippen molar-refractivity contribution in [3.63, 3.8) is 0 Å². The molecule has 0 radical (unpaired) electrons. The average Bonchev–Trinajstić information content (AvgIpc) is 3.06. The van der Waals surface area contributed by atoms with Crippen molar-refractivity contribution in [3.05, 3.63) is 0 Å². The Morgan fingerprint density at radius 1 is 1.39 bits per heavy atom. The minimum absolute atomic E-state index is 0.0709. The first-order valence-corrected chi connectivity index (χ1v) is 6.65. The zero-order chi connectivity index (χ0) is 13.7. The molecule has 0 heterocycles. The van der Waals surface area contributed by atoms with Gasteiger partial charge in [0, 0.05) is 19.0 Å². The van der Waals surface area contributed by atoms with Crippen molar-refractivity contribution in [2.75, 3.05) is 6.54 Å². The number of hydrogen-bond donors (Lipinski definition) is 3. The first kappa shape index (κ1) is 15.0. The van der Waals surface area contributed by atoms with Crippen LogP contribution >= 0.6 is 0 Å². The number of amides is 1. The lowest BCUT2D eigenvalue weighted by atomic mass is 9.97. The molecule has 0 aromatic rings. The number of carbonyl (C=O) groups excluding carboxylic acids is 1. The highest BCUT2D eigenvalue weighted by atomic mass is 16.4. The summed E-state index contributed by atoms with van der Waals surface area (Å²) in [6.07, 6.45) is 3.10. The molecule has 1 aliphatic carbocycles. The fourth-order valence-corrected chi connectivity index (χ4v) is 2.05. The lowest BCUT2D eigenvalue weighted by molar-refractivity contribution is -0.142. The third kappa shape index (κ3) is 5.49. The lowest BCUT2D eigenvalue weighted by Gasteiger charge is -2.16. The minimum Gasteiger partial charge on any atom is -0.481 e. The van der Waals surface area contributed by atoms with E-state index in [1.807, 2.05) is 13.8 Å². The molecule has 1 saturated carbocycles. The Hall–Kier alpha value is -1.10. The molecule has 2 atom stereocenters. The second-order valence-electron chi connectivity index (χ2n) is 5.67.